The van der Waals surface area contributed by atoms with Crippen LogP contribution in [0.1, 0.15) is 25.8 Å². The van der Waals surface area contributed by atoms with E-state index < -0.39 is 12.0 Å². The van der Waals surface area contributed by atoms with E-state index in [1.165, 1.54) is 0 Å². The van der Waals surface area contributed by atoms with E-state index in [4.69, 9.17) is 22.1 Å². The maximum atomic E-state index is 12.2. The van der Waals surface area contributed by atoms with Gasteiger partial charge in [-0.05, 0) is 43.0 Å². The molecule has 1 atom stereocenters. The zero-order valence-corrected chi connectivity index (χ0v) is 13.2. The molecule has 0 bridgehead atoms. The third kappa shape index (κ3) is 5.73. The smallest absolute Gasteiger partial charge is 0.334 e. The number of benzene rings is 1. The van der Waals surface area contributed by atoms with Crippen LogP contribution in [0.25, 0.3) is 0 Å². The second-order valence-electron chi connectivity index (χ2n) is 5.28. The molecule has 0 saturated carbocycles. The molecular formula is C15H21ClN2O3. The van der Waals surface area contributed by atoms with Gasteiger partial charge in [-0.2, -0.15) is 0 Å². The van der Waals surface area contributed by atoms with Gasteiger partial charge in [0, 0.05) is 5.02 Å². The number of hydrogen-bond acceptors (Lipinski definition) is 4. The number of hydrogen-bond donors (Lipinski definition) is 2. The highest BCUT2D eigenvalue weighted by atomic mass is 35.5. The predicted molar refractivity (Wildman–Crippen MR) is 82.3 cm³/mol. The Kier molecular flexibility index (Phi) is 6.65. The lowest BCUT2D eigenvalue weighted by Gasteiger charge is -2.19. The highest BCUT2D eigenvalue weighted by Gasteiger charge is 2.24. The van der Waals surface area contributed by atoms with Crippen molar-refractivity contribution in [2.75, 3.05) is 6.54 Å². The Morgan fingerprint density at radius 1 is 1.38 bits per heavy atom. The monoisotopic (exact) mass is 312 g/mol. The van der Waals surface area contributed by atoms with Gasteiger partial charge in [0.15, 0.2) is 0 Å². The first kappa shape index (κ1) is 17.5. The number of rotatable bonds is 6. The first-order chi connectivity index (χ1) is 9.83. The van der Waals surface area contributed by atoms with Crippen LogP contribution in [-0.2, 0) is 9.59 Å². The van der Waals surface area contributed by atoms with Gasteiger partial charge >= 0.3 is 5.97 Å². The van der Waals surface area contributed by atoms with Crippen molar-refractivity contribution in [3.8, 4) is 5.75 Å². The lowest BCUT2D eigenvalue weighted by atomic mass is 10.0. The Hall–Kier alpha value is -1.59. The number of esters is 1. The van der Waals surface area contributed by atoms with Crippen LogP contribution in [0.3, 0.4) is 0 Å². The summed E-state index contributed by atoms with van der Waals surface area (Å²) in [6.45, 7) is 5.55. The zero-order valence-electron chi connectivity index (χ0n) is 12.5. The predicted octanol–water partition coefficient (Wildman–Crippen LogP) is 2.04. The minimum Gasteiger partial charge on any atom is -0.425 e. The van der Waals surface area contributed by atoms with Crippen LogP contribution in [0, 0.1) is 12.8 Å². The fraction of sp³-hybridized carbons (Fsp3) is 0.467. The van der Waals surface area contributed by atoms with E-state index in [1.54, 1.807) is 25.1 Å². The van der Waals surface area contributed by atoms with Crippen molar-refractivity contribution < 1.29 is 14.3 Å². The van der Waals surface area contributed by atoms with Crippen molar-refractivity contribution in [3.05, 3.63) is 28.8 Å². The largest absolute Gasteiger partial charge is 0.425 e. The molecule has 0 heterocycles. The Labute approximate surface area is 129 Å². The molecule has 3 N–H and O–H groups in total. The minimum absolute atomic E-state index is 0.165. The van der Waals surface area contributed by atoms with E-state index >= 15 is 0 Å². The highest BCUT2D eigenvalue weighted by Crippen LogP contribution is 2.22. The third-order valence-electron chi connectivity index (χ3n) is 2.86. The highest BCUT2D eigenvalue weighted by molar-refractivity contribution is 6.30. The fourth-order valence-corrected chi connectivity index (χ4v) is 2.07. The molecule has 0 aromatic heterocycles. The second-order valence-corrected chi connectivity index (χ2v) is 5.72. The first-order valence-corrected chi connectivity index (χ1v) is 7.18. The number of ether oxygens (including phenoxy) is 1. The van der Waals surface area contributed by atoms with Crippen LogP contribution in [0.15, 0.2) is 18.2 Å². The van der Waals surface area contributed by atoms with Crippen LogP contribution in [0.2, 0.25) is 5.02 Å². The van der Waals surface area contributed by atoms with E-state index in [0.717, 1.165) is 5.56 Å². The summed E-state index contributed by atoms with van der Waals surface area (Å²) in [6.07, 6.45) is 0.483. The quantitative estimate of drug-likeness (QED) is 0.622. The standard InChI is InChI=1S/C15H21ClN2O3/c1-9(2)6-12(18-14(19)8-17)15(20)21-13-5-4-11(16)7-10(13)3/h4-5,7,9,12H,6,8,17H2,1-3H3,(H,18,19)/t12-/m0/s1. The van der Waals surface area contributed by atoms with Gasteiger partial charge in [0.1, 0.15) is 11.8 Å². The number of aryl methyl sites for hydroxylation is 1. The Morgan fingerprint density at radius 3 is 2.57 bits per heavy atom. The van der Waals surface area contributed by atoms with Gasteiger partial charge in [0.2, 0.25) is 5.91 Å². The number of nitrogens with two attached hydrogens (primary N) is 1. The van der Waals surface area contributed by atoms with E-state index in [-0.39, 0.29) is 18.4 Å². The Bertz CT molecular complexity index is 518. The summed E-state index contributed by atoms with van der Waals surface area (Å²) in [6, 6.07) is 4.27. The van der Waals surface area contributed by atoms with Gasteiger partial charge in [-0.1, -0.05) is 25.4 Å². The molecule has 0 radical (unpaired) electrons. The van der Waals surface area contributed by atoms with E-state index in [0.29, 0.717) is 17.2 Å². The normalized spacial score (nSPS) is 12.1. The van der Waals surface area contributed by atoms with Gasteiger partial charge in [-0.25, -0.2) is 4.79 Å². The molecule has 0 aliphatic rings. The zero-order chi connectivity index (χ0) is 16.0. The molecule has 116 valence electrons. The van der Waals surface area contributed by atoms with Gasteiger partial charge < -0.3 is 15.8 Å². The van der Waals surface area contributed by atoms with Gasteiger partial charge in [0.05, 0.1) is 6.54 Å². The molecule has 6 heteroatoms. The van der Waals surface area contributed by atoms with Gasteiger partial charge in [0.25, 0.3) is 0 Å². The molecule has 0 aliphatic heterocycles. The van der Waals surface area contributed by atoms with Gasteiger partial charge in [-0.3, -0.25) is 4.79 Å². The third-order valence-corrected chi connectivity index (χ3v) is 3.09. The first-order valence-electron chi connectivity index (χ1n) is 6.80. The lowest BCUT2D eigenvalue weighted by Crippen LogP contribution is -2.46. The van der Waals surface area contributed by atoms with Crippen molar-refractivity contribution in [2.45, 2.75) is 33.2 Å². The van der Waals surface area contributed by atoms with Crippen molar-refractivity contribution in [1.29, 1.82) is 0 Å². The summed E-state index contributed by atoms with van der Waals surface area (Å²) in [5.41, 5.74) is 6.02. The summed E-state index contributed by atoms with van der Waals surface area (Å²) in [5.74, 6) is -0.228. The molecule has 1 aromatic rings. The molecule has 0 fully saturated rings. The Morgan fingerprint density at radius 2 is 2.05 bits per heavy atom. The number of amides is 1. The number of carbonyl (C=O) groups excluding carboxylic acids is 2. The summed E-state index contributed by atoms with van der Waals surface area (Å²) in [5, 5.41) is 3.16. The van der Waals surface area contributed by atoms with Crippen LogP contribution in [-0.4, -0.2) is 24.5 Å². The van der Waals surface area contributed by atoms with E-state index in [1.807, 2.05) is 13.8 Å². The molecule has 1 aromatic carbocycles. The van der Waals surface area contributed by atoms with Crippen molar-refractivity contribution in [1.82, 2.24) is 5.32 Å². The average Bonchev–Trinajstić information content (AvgIpc) is 2.40. The van der Waals surface area contributed by atoms with Crippen LogP contribution in [0.4, 0.5) is 0 Å². The van der Waals surface area contributed by atoms with Crippen LogP contribution in [0.5, 0.6) is 5.75 Å². The van der Waals surface area contributed by atoms with E-state index in [2.05, 4.69) is 5.32 Å². The number of nitrogens with one attached hydrogen (secondary N) is 1. The molecular weight excluding hydrogens is 292 g/mol. The number of carbonyl (C=O) groups is 2. The van der Waals surface area contributed by atoms with E-state index in [9.17, 15) is 9.59 Å². The lowest BCUT2D eigenvalue weighted by molar-refractivity contribution is -0.139. The molecule has 0 saturated heterocycles. The van der Waals surface area contributed by atoms with Crippen molar-refractivity contribution in [3.63, 3.8) is 0 Å². The molecule has 0 unspecified atom stereocenters. The summed E-state index contributed by atoms with van der Waals surface area (Å²) in [7, 11) is 0. The molecule has 5 nitrogen and oxygen atoms in total. The summed E-state index contributed by atoms with van der Waals surface area (Å²) >= 11 is 5.86. The summed E-state index contributed by atoms with van der Waals surface area (Å²) in [4.78, 5) is 23.6. The van der Waals surface area contributed by atoms with Crippen molar-refractivity contribution >= 4 is 23.5 Å². The SMILES string of the molecule is Cc1cc(Cl)ccc1OC(=O)[C@H](CC(C)C)NC(=O)CN. The second kappa shape index (κ2) is 8.00. The topological polar surface area (TPSA) is 81.4 Å². The molecule has 1 rings (SSSR count). The molecule has 21 heavy (non-hydrogen) atoms. The maximum absolute atomic E-state index is 12.2. The van der Waals surface area contributed by atoms with Crippen LogP contribution < -0.4 is 15.8 Å². The minimum atomic E-state index is -0.712. The average molecular weight is 313 g/mol. The summed E-state index contributed by atoms with van der Waals surface area (Å²) < 4.78 is 5.36. The van der Waals surface area contributed by atoms with Crippen LogP contribution >= 0.6 is 11.6 Å². The van der Waals surface area contributed by atoms with Crippen molar-refractivity contribution in [2.24, 2.45) is 11.7 Å². The molecule has 1 amide bonds. The maximum Gasteiger partial charge on any atom is 0.334 e. The molecule has 0 aliphatic carbocycles. The number of halogens is 1. The molecule has 0 spiro atoms. The Balaban J connectivity index is 2.82. The van der Waals surface area contributed by atoms with Gasteiger partial charge in [-0.15, -0.1) is 0 Å². The fourth-order valence-electron chi connectivity index (χ4n) is 1.85.